The molecule has 0 unspecified atom stereocenters. The topological polar surface area (TPSA) is 63.7 Å². The highest BCUT2D eigenvalue weighted by molar-refractivity contribution is 9.08. The third-order valence-electron chi connectivity index (χ3n) is 2.52. The van der Waals surface area contributed by atoms with Gasteiger partial charge in [-0.2, -0.15) is 0 Å². The largest absolute Gasteiger partial charge is 0.363 e. The molecule has 0 saturated carbocycles. The minimum atomic E-state index is -0.709. The molecule has 0 aliphatic carbocycles. The molecule has 1 aromatic rings. The fourth-order valence-corrected chi connectivity index (χ4v) is 1.90. The zero-order valence-electron chi connectivity index (χ0n) is 9.39. The summed E-state index contributed by atoms with van der Waals surface area (Å²) in [6.45, 7) is 0. The van der Waals surface area contributed by atoms with Crippen molar-refractivity contribution in [3.63, 3.8) is 0 Å². The van der Waals surface area contributed by atoms with Crippen LogP contribution in [0.2, 0.25) is 0 Å². The van der Waals surface area contributed by atoms with Crippen LogP contribution in [-0.2, 0) is 19.8 Å². The van der Waals surface area contributed by atoms with Gasteiger partial charge in [0.25, 0.3) is 11.8 Å². The molecule has 2 amide bonds. The van der Waals surface area contributed by atoms with Gasteiger partial charge in [0.15, 0.2) is 0 Å². The van der Waals surface area contributed by atoms with Gasteiger partial charge in [-0.15, -0.1) is 5.06 Å². The van der Waals surface area contributed by atoms with Crippen LogP contribution in [0, 0.1) is 0 Å². The Morgan fingerprint density at radius 1 is 1.17 bits per heavy atom. The molecule has 2 rings (SSSR count). The van der Waals surface area contributed by atoms with E-state index < -0.39 is 17.8 Å². The molecule has 1 aromatic carbocycles. The highest BCUT2D eigenvalue weighted by atomic mass is 79.9. The molecule has 1 heterocycles. The zero-order valence-corrected chi connectivity index (χ0v) is 11.0. The maximum atomic E-state index is 11.7. The van der Waals surface area contributed by atoms with Gasteiger partial charge in [0.1, 0.15) is 0 Å². The molecule has 1 aliphatic rings. The van der Waals surface area contributed by atoms with Crippen molar-refractivity contribution in [2.24, 2.45) is 0 Å². The normalized spacial score (nSPS) is 15.1. The average Bonchev–Trinajstić information content (AvgIpc) is 2.70. The molecule has 1 aliphatic heterocycles. The Balaban J connectivity index is 2.07. The van der Waals surface area contributed by atoms with E-state index in [9.17, 15) is 14.4 Å². The van der Waals surface area contributed by atoms with Crippen molar-refractivity contribution in [3.8, 4) is 0 Å². The van der Waals surface area contributed by atoms with E-state index in [2.05, 4.69) is 15.9 Å². The highest BCUT2D eigenvalue weighted by Gasteiger charge is 2.33. The van der Waals surface area contributed by atoms with Crippen molar-refractivity contribution in [1.82, 2.24) is 5.06 Å². The summed E-state index contributed by atoms with van der Waals surface area (Å²) in [4.78, 5) is 39.0. The van der Waals surface area contributed by atoms with Gasteiger partial charge >= 0.3 is 5.97 Å². The second-order valence-corrected chi connectivity index (χ2v) is 4.35. The standard InChI is InChI=1S/C12H10BrNO4/c13-7-8-1-3-9(4-2-8)12(17)18-14-10(15)5-6-11(14)16/h1-4H,5-7H2. The number of carbonyl (C=O) groups is 3. The van der Waals surface area contributed by atoms with Crippen LogP contribution in [0.4, 0.5) is 0 Å². The lowest BCUT2D eigenvalue weighted by atomic mass is 10.2. The first kappa shape index (κ1) is 12.8. The Bertz CT molecular complexity index is 481. The Morgan fingerprint density at radius 3 is 2.22 bits per heavy atom. The molecule has 0 bridgehead atoms. The molecule has 0 atom stereocenters. The van der Waals surface area contributed by atoms with Crippen LogP contribution in [0.3, 0.4) is 0 Å². The summed E-state index contributed by atoms with van der Waals surface area (Å²) in [6.07, 6.45) is 0.184. The molecule has 1 saturated heterocycles. The zero-order chi connectivity index (χ0) is 13.1. The first-order valence-corrected chi connectivity index (χ1v) is 6.47. The maximum Gasteiger partial charge on any atom is 0.363 e. The molecule has 94 valence electrons. The predicted octanol–water partition coefficient (Wildman–Crippen LogP) is 1.80. The first-order valence-electron chi connectivity index (χ1n) is 5.35. The number of nitrogens with zero attached hydrogens (tertiary/aromatic N) is 1. The van der Waals surface area contributed by atoms with Gasteiger partial charge in [-0.25, -0.2) is 4.79 Å². The second-order valence-electron chi connectivity index (χ2n) is 3.79. The number of hydroxylamine groups is 2. The quantitative estimate of drug-likeness (QED) is 0.631. The molecular weight excluding hydrogens is 302 g/mol. The van der Waals surface area contributed by atoms with E-state index in [1.807, 2.05) is 0 Å². The van der Waals surface area contributed by atoms with Gasteiger partial charge in [-0.3, -0.25) is 9.59 Å². The summed E-state index contributed by atoms with van der Waals surface area (Å²) in [5, 5.41) is 1.23. The number of rotatable bonds is 3. The van der Waals surface area contributed by atoms with Gasteiger partial charge in [0, 0.05) is 18.2 Å². The van der Waals surface area contributed by atoms with E-state index in [0.29, 0.717) is 16.0 Å². The number of amides is 2. The van der Waals surface area contributed by atoms with Crippen molar-refractivity contribution >= 4 is 33.7 Å². The van der Waals surface area contributed by atoms with Crippen molar-refractivity contribution in [2.45, 2.75) is 18.2 Å². The molecule has 5 nitrogen and oxygen atoms in total. The third-order valence-corrected chi connectivity index (χ3v) is 3.17. The number of imide groups is 1. The van der Waals surface area contributed by atoms with Crippen molar-refractivity contribution in [2.75, 3.05) is 0 Å². The lowest BCUT2D eigenvalue weighted by molar-refractivity contribution is -0.172. The van der Waals surface area contributed by atoms with E-state index >= 15 is 0 Å². The van der Waals surface area contributed by atoms with Gasteiger partial charge in [0.05, 0.1) is 5.56 Å². The highest BCUT2D eigenvalue weighted by Crippen LogP contribution is 2.15. The first-order chi connectivity index (χ1) is 8.61. The van der Waals surface area contributed by atoms with E-state index in [0.717, 1.165) is 5.56 Å². The second kappa shape index (κ2) is 5.30. The fraction of sp³-hybridized carbons (Fsp3) is 0.250. The van der Waals surface area contributed by atoms with Crippen molar-refractivity contribution < 1.29 is 19.2 Å². The van der Waals surface area contributed by atoms with E-state index in [1.54, 1.807) is 24.3 Å². The molecule has 1 fully saturated rings. The Labute approximate surface area is 112 Å². The molecule has 18 heavy (non-hydrogen) atoms. The minimum absolute atomic E-state index is 0.0919. The summed E-state index contributed by atoms with van der Waals surface area (Å²) in [6, 6.07) is 6.70. The smallest absolute Gasteiger partial charge is 0.325 e. The van der Waals surface area contributed by atoms with E-state index in [-0.39, 0.29) is 12.8 Å². The van der Waals surface area contributed by atoms with Crippen LogP contribution >= 0.6 is 15.9 Å². The fourth-order valence-electron chi connectivity index (χ4n) is 1.52. The number of alkyl halides is 1. The van der Waals surface area contributed by atoms with Crippen LogP contribution < -0.4 is 0 Å². The van der Waals surface area contributed by atoms with E-state index in [4.69, 9.17) is 4.84 Å². The number of hydrogen-bond donors (Lipinski definition) is 0. The summed E-state index contributed by atoms with van der Waals surface area (Å²) in [7, 11) is 0. The molecule has 0 N–H and O–H groups in total. The molecule has 0 spiro atoms. The van der Waals surface area contributed by atoms with Crippen LogP contribution in [0.15, 0.2) is 24.3 Å². The average molecular weight is 312 g/mol. The monoisotopic (exact) mass is 311 g/mol. The number of benzene rings is 1. The summed E-state index contributed by atoms with van der Waals surface area (Å²) >= 11 is 3.29. The van der Waals surface area contributed by atoms with Crippen molar-refractivity contribution in [3.05, 3.63) is 35.4 Å². The SMILES string of the molecule is O=C(ON1C(=O)CCC1=O)c1ccc(CBr)cc1. The Hall–Kier alpha value is -1.69. The van der Waals surface area contributed by atoms with Crippen LogP contribution in [0.5, 0.6) is 0 Å². The van der Waals surface area contributed by atoms with Crippen LogP contribution in [0.25, 0.3) is 0 Å². The number of hydrogen-bond acceptors (Lipinski definition) is 4. The maximum absolute atomic E-state index is 11.7. The summed E-state index contributed by atoms with van der Waals surface area (Å²) in [5.41, 5.74) is 1.31. The number of carbonyl (C=O) groups excluding carboxylic acids is 3. The van der Waals surface area contributed by atoms with Crippen LogP contribution in [0.1, 0.15) is 28.8 Å². The lowest BCUT2D eigenvalue weighted by Gasteiger charge is -2.12. The number of halogens is 1. The van der Waals surface area contributed by atoms with Gasteiger partial charge < -0.3 is 4.84 Å². The third kappa shape index (κ3) is 2.59. The van der Waals surface area contributed by atoms with Gasteiger partial charge in [0.2, 0.25) is 0 Å². The van der Waals surface area contributed by atoms with Crippen molar-refractivity contribution in [1.29, 1.82) is 0 Å². The predicted molar refractivity (Wildman–Crippen MR) is 65.6 cm³/mol. The Morgan fingerprint density at radius 2 is 1.72 bits per heavy atom. The Kier molecular flexibility index (Phi) is 3.76. The minimum Gasteiger partial charge on any atom is -0.325 e. The molecule has 6 heteroatoms. The van der Waals surface area contributed by atoms with Gasteiger partial charge in [-0.1, -0.05) is 28.1 Å². The molecule has 0 radical (unpaired) electrons. The molecular formula is C12H10BrNO4. The summed E-state index contributed by atoms with van der Waals surface area (Å²) in [5.74, 6) is -1.67. The molecule has 0 aromatic heterocycles. The summed E-state index contributed by atoms with van der Waals surface area (Å²) < 4.78 is 0. The van der Waals surface area contributed by atoms with Gasteiger partial charge in [-0.05, 0) is 17.7 Å². The lowest BCUT2D eigenvalue weighted by Crippen LogP contribution is -2.32. The van der Waals surface area contributed by atoms with Crippen LogP contribution in [-0.4, -0.2) is 22.8 Å². The van der Waals surface area contributed by atoms with E-state index in [1.165, 1.54) is 0 Å².